The fraction of sp³-hybridized carbons (Fsp3) is 0.267. The van der Waals surface area contributed by atoms with Crippen LogP contribution < -0.4 is 5.32 Å². The number of aryl methyl sites for hydroxylation is 1. The second-order valence-corrected chi connectivity index (χ2v) is 6.44. The number of rotatable bonds is 5. The van der Waals surface area contributed by atoms with Crippen LogP contribution in [-0.4, -0.2) is 21.6 Å². The third-order valence-corrected chi connectivity index (χ3v) is 4.30. The molecule has 0 saturated carbocycles. The molecule has 6 heteroatoms. The van der Waals surface area contributed by atoms with E-state index in [1.807, 2.05) is 31.2 Å². The van der Waals surface area contributed by atoms with Crippen molar-refractivity contribution in [1.82, 2.24) is 9.97 Å². The summed E-state index contributed by atoms with van der Waals surface area (Å²) in [6.45, 7) is 4.08. The van der Waals surface area contributed by atoms with Gasteiger partial charge in [0.05, 0.1) is 4.47 Å². The highest BCUT2D eigenvalue weighted by molar-refractivity contribution is 9.10. The molecule has 1 heterocycles. The van der Waals surface area contributed by atoms with Crippen molar-refractivity contribution in [2.75, 3.05) is 11.1 Å². The maximum atomic E-state index is 12.3. The molecular formula is C15H16BrN3OS. The summed E-state index contributed by atoms with van der Waals surface area (Å²) in [6.07, 6.45) is 2.66. The van der Waals surface area contributed by atoms with Crippen LogP contribution >= 0.6 is 27.7 Å². The summed E-state index contributed by atoms with van der Waals surface area (Å²) in [4.78, 5) is 20.9. The van der Waals surface area contributed by atoms with E-state index in [1.54, 1.807) is 18.0 Å². The van der Waals surface area contributed by atoms with E-state index in [1.165, 1.54) is 0 Å². The van der Waals surface area contributed by atoms with E-state index in [9.17, 15) is 4.79 Å². The van der Waals surface area contributed by atoms with Gasteiger partial charge in [-0.1, -0.05) is 30.8 Å². The van der Waals surface area contributed by atoms with Crippen molar-refractivity contribution in [3.8, 4) is 0 Å². The molecule has 110 valence electrons. The molecule has 0 spiro atoms. The second kappa shape index (κ2) is 7.56. The van der Waals surface area contributed by atoms with Crippen molar-refractivity contribution in [2.45, 2.75) is 25.4 Å². The summed E-state index contributed by atoms with van der Waals surface area (Å²) in [5.74, 6) is 0.689. The number of benzene rings is 1. The van der Waals surface area contributed by atoms with E-state index < -0.39 is 0 Å². The Morgan fingerprint density at radius 2 is 2.24 bits per heavy atom. The number of thioether (sulfide) groups is 1. The highest BCUT2D eigenvalue weighted by atomic mass is 79.9. The lowest BCUT2D eigenvalue weighted by Crippen LogP contribution is -2.15. The van der Waals surface area contributed by atoms with Gasteiger partial charge in [0.15, 0.2) is 5.16 Å². The molecule has 0 radical (unpaired) electrons. The van der Waals surface area contributed by atoms with Crippen LogP contribution in [-0.2, 0) is 0 Å². The number of hydrogen-bond acceptors (Lipinski definition) is 4. The summed E-state index contributed by atoms with van der Waals surface area (Å²) in [5.41, 5.74) is 2.20. The third-order valence-electron chi connectivity index (χ3n) is 2.65. The van der Waals surface area contributed by atoms with E-state index in [2.05, 4.69) is 38.1 Å². The van der Waals surface area contributed by atoms with Crippen molar-refractivity contribution in [2.24, 2.45) is 0 Å². The Hall–Kier alpha value is -1.40. The zero-order valence-electron chi connectivity index (χ0n) is 11.9. The van der Waals surface area contributed by atoms with E-state index in [-0.39, 0.29) is 5.91 Å². The molecule has 2 rings (SSSR count). The van der Waals surface area contributed by atoms with Gasteiger partial charge in [0.1, 0.15) is 5.69 Å². The van der Waals surface area contributed by atoms with Crippen molar-refractivity contribution >= 4 is 39.3 Å². The first kappa shape index (κ1) is 16.0. The van der Waals surface area contributed by atoms with Crippen LogP contribution in [0.2, 0.25) is 0 Å². The SMILES string of the molecule is CCCSc1ncc(Br)c(C(=O)Nc2cccc(C)c2)n1. The van der Waals surface area contributed by atoms with Crippen LogP contribution in [0.4, 0.5) is 5.69 Å². The molecule has 21 heavy (non-hydrogen) atoms. The first-order chi connectivity index (χ1) is 10.1. The average molecular weight is 366 g/mol. The Balaban J connectivity index is 2.18. The molecule has 0 bridgehead atoms. The van der Waals surface area contributed by atoms with Gasteiger partial charge in [-0.15, -0.1) is 0 Å². The maximum Gasteiger partial charge on any atom is 0.275 e. The molecule has 1 aromatic carbocycles. The average Bonchev–Trinajstić information content (AvgIpc) is 2.46. The van der Waals surface area contributed by atoms with Crippen LogP contribution in [0.5, 0.6) is 0 Å². The van der Waals surface area contributed by atoms with Gasteiger partial charge < -0.3 is 5.32 Å². The summed E-state index contributed by atoms with van der Waals surface area (Å²) < 4.78 is 0.591. The number of carbonyl (C=O) groups excluding carboxylic acids is 1. The Morgan fingerprint density at radius 3 is 2.95 bits per heavy atom. The fourth-order valence-corrected chi connectivity index (χ4v) is 2.73. The van der Waals surface area contributed by atoms with Gasteiger partial charge in [-0.05, 0) is 47.0 Å². The standard InChI is InChI=1S/C15H16BrN3OS/c1-3-7-21-15-17-9-12(16)13(19-15)14(20)18-11-6-4-5-10(2)8-11/h4-6,8-9H,3,7H2,1-2H3,(H,18,20). The van der Waals surface area contributed by atoms with Crippen LogP contribution in [0.3, 0.4) is 0 Å². The quantitative estimate of drug-likeness (QED) is 0.633. The lowest BCUT2D eigenvalue weighted by atomic mass is 10.2. The molecule has 0 unspecified atom stereocenters. The van der Waals surface area contributed by atoms with E-state index in [0.717, 1.165) is 23.4 Å². The molecular weight excluding hydrogens is 350 g/mol. The predicted molar refractivity (Wildman–Crippen MR) is 89.9 cm³/mol. The Morgan fingerprint density at radius 1 is 1.43 bits per heavy atom. The lowest BCUT2D eigenvalue weighted by molar-refractivity contribution is 0.102. The van der Waals surface area contributed by atoms with E-state index >= 15 is 0 Å². The first-order valence-corrected chi connectivity index (χ1v) is 8.41. The number of nitrogens with one attached hydrogen (secondary N) is 1. The molecule has 1 N–H and O–H groups in total. The molecule has 0 aliphatic carbocycles. The van der Waals surface area contributed by atoms with Gasteiger partial charge in [0.25, 0.3) is 5.91 Å². The molecule has 0 fully saturated rings. The van der Waals surface area contributed by atoms with Crippen molar-refractivity contribution in [3.63, 3.8) is 0 Å². The third kappa shape index (κ3) is 4.54. The second-order valence-electron chi connectivity index (χ2n) is 4.52. The molecule has 0 aliphatic rings. The number of anilines is 1. The number of halogens is 1. The van der Waals surface area contributed by atoms with Gasteiger partial charge in [-0.25, -0.2) is 9.97 Å². The predicted octanol–water partition coefficient (Wildman–Crippen LogP) is 4.30. The smallest absolute Gasteiger partial charge is 0.275 e. The molecule has 0 saturated heterocycles. The molecule has 0 atom stereocenters. The monoisotopic (exact) mass is 365 g/mol. The van der Waals surface area contributed by atoms with Gasteiger partial charge in [0, 0.05) is 17.6 Å². The Labute approximate surface area is 136 Å². The molecule has 1 amide bonds. The van der Waals surface area contributed by atoms with Crippen molar-refractivity contribution in [3.05, 3.63) is 46.2 Å². The highest BCUT2D eigenvalue weighted by Gasteiger charge is 2.14. The van der Waals surface area contributed by atoms with Crippen LogP contribution in [0, 0.1) is 6.92 Å². The minimum atomic E-state index is -0.242. The summed E-state index contributed by atoms with van der Waals surface area (Å²) in [5, 5.41) is 3.47. The Kier molecular flexibility index (Phi) is 5.76. The van der Waals surface area contributed by atoms with Crippen molar-refractivity contribution in [1.29, 1.82) is 0 Å². The van der Waals surface area contributed by atoms with Crippen LogP contribution in [0.25, 0.3) is 0 Å². The van der Waals surface area contributed by atoms with Crippen LogP contribution in [0.1, 0.15) is 29.4 Å². The number of amides is 1. The number of aromatic nitrogens is 2. The zero-order chi connectivity index (χ0) is 15.2. The number of carbonyl (C=O) groups is 1. The van der Waals surface area contributed by atoms with Gasteiger partial charge in [-0.2, -0.15) is 0 Å². The minimum absolute atomic E-state index is 0.242. The van der Waals surface area contributed by atoms with Gasteiger partial charge in [-0.3, -0.25) is 4.79 Å². The van der Waals surface area contributed by atoms with Gasteiger partial charge in [0.2, 0.25) is 0 Å². The number of hydrogen-bond donors (Lipinski definition) is 1. The topological polar surface area (TPSA) is 54.9 Å². The molecule has 0 aliphatic heterocycles. The van der Waals surface area contributed by atoms with E-state index in [4.69, 9.17) is 0 Å². The minimum Gasteiger partial charge on any atom is -0.321 e. The molecule has 4 nitrogen and oxygen atoms in total. The zero-order valence-corrected chi connectivity index (χ0v) is 14.3. The largest absolute Gasteiger partial charge is 0.321 e. The fourth-order valence-electron chi connectivity index (χ4n) is 1.69. The normalized spacial score (nSPS) is 10.4. The van der Waals surface area contributed by atoms with Crippen molar-refractivity contribution < 1.29 is 4.79 Å². The molecule has 2 aromatic rings. The summed E-state index contributed by atoms with van der Waals surface area (Å²) in [6, 6.07) is 7.66. The molecule has 1 aromatic heterocycles. The lowest BCUT2D eigenvalue weighted by Gasteiger charge is -2.08. The highest BCUT2D eigenvalue weighted by Crippen LogP contribution is 2.20. The van der Waals surface area contributed by atoms with Crippen LogP contribution in [0.15, 0.2) is 40.1 Å². The maximum absolute atomic E-state index is 12.3. The van der Waals surface area contributed by atoms with E-state index in [0.29, 0.717) is 15.3 Å². The summed E-state index contributed by atoms with van der Waals surface area (Å²) >= 11 is 4.88. The summed E-state index contributed by atoms with van der Waals surface area (Å²) in [7, 11) is 0. The van der Waals surface area contributed by atoms with Gasteiger partial charge >= 0.3 is 0 Å². The first-order valence-electron chi connectivity index (χ1n) is 6.63. The Bertz CT molecular complexity index is 649. The number of nitrogens with zero attached hydrogens (tertiary/aromatic N) is 2.